The van der Waals surface area contributed by atoms with Crippen LogP contribution in [0, 0.1) is 6.92 Å². The SMILES string of the molecule is Cc1c(CN(C)S(=O)(=O)c2ccccc2)c(C(C)C)nn1C. The molecule has 120 valence electrons. The van der Waals surface area contributed by atoms with Gasteiger partial charge in [-0.05, 0) is 25.0 Å². The molecule has 0 saturated heterocycles. The fraction of sp³-hybridized carbons (Fsp3) is 0.438. The quantitative estimate of drug-likeness (QED) is 0.851. The van der Waals surface area contributed by atoms with Gasteiger partial charge in [0, 0.05) is 31.9 Å². The molecule has 0 atom stereocenters. The van der Waals surface area contributed by atoms with Gasteiger partial charge in [0.2, 0.25) is 10.0 Å². The third-order valence-electron chi connectivity index (χ3n) is 3.87. The Morgan fingerprint density at radius 3 is 2.36 bits per heavy atom. The minimum atomic E-state index is -3.49. The molecule has 0 unspecified atom stereocenters. The molecule has 2 aromatic rings. The van der Waals surface area contributed by atoms with E-state index in [1.165, 1.54) is 4.31 Å². The second-order valence-corrected chi connectivity index (χ2v) is 7.85. The number of aryl methyl sites for hydroxylation is 1. The maximum absolute atomic E-state index is 12.6. The number of rotatable bonds is 5. The van der Waals surface area contributed by atoms with Crippen LogP contribution in [0.4, 0.5) is 0 Å². The molecule has 2 rings (SSSR count). The first-order chi connectivity index (χ1) is 10.2. The minimum absolute atomic E-state index is 0.253. The molecular weight excluding hydrogens is 298 g/mol. The van der Waals surface area contributed by atoms with Gasteiger partial charge in [0.1, 0.15) is 0 Å². The van der Waals surface area contributed by atoms with Crippen LogP contribution in [0.3, 0.4) is 0 Å². The summed E-state index contributed by atoms with van der Waals surface area (Å²) in [6.45, 7) is 6.43. The normalized spacial score (nSPS) is 12.3. The van der Waals surface area contributed by atoms with Crippen LogP contribution in [0.5, 0.6) is 0 Å². The highest BCUT2D eigenvalue weighted by Crippen LogP contribution is 2.24. The van der Waals surface area contributed by atoms with E-state index in [2.05, 4.69) is 18.9 Å². The molecule has 1 heterocycles. The van der Waals surface area contributed by atoms with E-state index in [0.29, 0.717) is 11.4 Å². The molecule has 0 aliphatic heterocycles. The Morgan fingerprint density at radius 2 is 1.82 bits per heavy atom. The first kappa shape index (κ1) is 16.7. The Hall–Kier alpha value is -1.66. The second-order valence-electron chi connectivity index (χ2n) is 5.80. The van der Waals surface area contributed by atoms with Gasteiger partial charge in [0.15, 0.2) is 0 Å². The Morgan fingerprint density at radius 1 is 1.23 bits per heavy atom. The van der Waals surface area contributed by atoms with Crippen molar-refractivity contribution < 1.29 is 8.42 Å². The van der Waals surface area contributed by atoms with Gasteiger partial charge in [-0.25, -0.2) is 8.42 Å². The average molecular weight is 321 g/mol. The maximum atomic E-state index is 12.6. The monoisotopic (exact) mass is 321 g/mol. The van der Waals surface area contributed by atoms with Crippen LogP contribution in [0.1, 0.15) is 36.7 Å². The molecule has 0 spiro atoms. The van der Waals surface area contributed by atoms with E-state index >= 15 is 0 Å². The fourth-order valence-corrected chi connectivity index (χ4v) is 3.58. The molecule has 0 fully saturated rings. The van der Waals surface area contributed by atoms with Crippen molar-refractivity contribution in [2.24, 2.45) is 7.05 Å². The highest BCUT2D eigenvalue weighted by Gasteiger charge is 2.24. The Balaban J connectivity index is 2.36. The Kier molecular flexibility index (Phi) is 4.72. The van der Waals surface area contributed by atoms with E-state index < -0.39 is 10.0 Å². The number of nitrogens with zero attached hydrogens (tertiary/aromatic N) is 3. The van der Waals surface area contributed by atoms with E-state index in [4.69, 9.17) is 0 Å². The summed E-state index contributed by atoms with van der Waals surface area (Å²) in [6, 6.07) is 8.50. The summed E-state index contributed by atoms with van der Waals surface area (Å²) in [5.74, 6) is 0.253. The van der Waals surface area contributed by atoms with E-state index in [0.717, 1.165) is 17.0 Å². The van der Waals surface area contributed by atoms with Gasteiger partial charge in [-0.15, -0.1) is 0 Å². The molecular formula is C16H23N3O2S. The van der Waals surface area contributed by atoms with Crippen LogP contribution in [0.15, 0.2) is 35.2 Å². The van der Waals surface area contributed by atoms with Crippen LogP contribution in [0.2, 0.25) is 0 Å². The summed E-state index contributed by atoms with van der Waals surface area (Å²) < 4.78 is 28.5. The lowest BCUT2D eigenvalue weighted by Gasteiger charge is -2.18. The second kappa shape index (κ2) is 6.22. The molecule has 0 aliphatic rings. The summed E-state index contributed by atoms with van der Waals surface area (Å²) in [6.07, 6.45) is 0. The first-order valence-electron chi connectivity index (χ1n) is 7.29. The van der Waals surface area contributed by atoms with Crippen molar-refractivity contribution in [3.8, 4) is 0 Å². The van der Waals surface area contributed by atoms with Crippen molar-refractivity contribution in [3.63, 3.8) is 0 Å². The van der Waals surface area contributed by atoms with Crippen molar-refractivity contribution >= 4 is 10.0 Å². The van der Waals surface area contributed by atoms with Gasteiger partial charge >= 0.3 is 0 Å². The Labute approximate surface area is 132 Å². The molecule has 1 aromatic heterocycles. The summed E-state index contributed by atoms with van der Waals surface area (Å²) in [7, 11) is 0.00449. The van der Waals surface area contributed by atoms with Gasteiger partial charge in [-0.3, -0.25) is 4.68 Å². The number of sulfonamides is 1. The van der Waals surface area contributed by atoms with Gasteiger partial charge < -0.3 is 0 Å². The van der Waals surface area contributed by atoms with Crippen molar-refractivity contribution in [2.45, 2.75) is 38.1 Å². The fourth-order valence-electron chi connectivity index (χ4n) is 2.42. The zero-order valence-corrected chi connectivity index (χ0v) is 14.6. The lowest BCUT2D eigenvalue weighted by Crippen LogP contribution is -2.27. The van der Waals surface area contributed by atoms with Crippen LogP contribution in [0.25, 0.3) is 0 Å². The highest BCUT2D eigenvalue weighted by atomic mass is 32.2. The van der Waals surface area contributed by atoms with Gasteiger partial charge in [0.05, 0.1) is 10.6 Å². The predicted octanol–water partition coefficient (Wildman–Crippen LogP) is 2.67. The molecule has 0 radical (unpaired) electrons. The minimum Gasteiger partial charge on any atom is -0.272 e. The third kappa shape index (κ3) is 3.08. The zero-order chi connectivity index (χ0) is 16.5. The first-order valence-corrected chi connectivity index (χ1v) is 8.73. The van der Waals surface area contributed by atoms with Crippen LogP contribution in [-0.2, 0) is 23.6 Å². The smallest absolute Gasteiger partial charge is 0.243 e. The van der Waals surface area contributed by atoms with Crippen LogP contribution < -0.4 is 0 Å². The van der Waals surface area contributed by atoms with Crippen molar-refractivity contribution in [1.82, 2.24) is 14.1 Å². The number of hydrogen-bond acceptors (Lipinski definition) is 3. The Bertz CT molecular complexity index is 749. The van der Waals surface area contributed by atoms with E-state index in [1.807, 2.05) is 18.7 Å². The lowest BCUT2D eigenvalue weighted by atomic mass is 10.0. The maximum Gasteiger partial charge on any atom is 0.243 e. The predicted molar refractivity (Wildman–Crippen MR) is 87.1 cm³/mol. The lowest BCUT2D eigenvalue weighted by molar-refractivity contribution is 0.463. The zero-order valence-electron chi connectivity index (χ0n) is 13.7. The summed E-state index contributed by atoms with van der Waals surface area (Å²) >= 11 is 0. The number of aromatic nitrogens is 2. The van der Waals surface area contributed by atoms with Crippen molar-refractivity contribution in [1.29, 1.82) is 0 Å². The molecule has 5 nitrogen and oxygen atoms in total. The molecule has 1 aromatic carbocycles. The molecule has 0 bridgehead atoms. The summed E-state index contributed by atoms with van der Waals surface area (Å²) in [5.41, 5.74) is 2.94. The third-order valence-corrected chi connectivity index (χ3v) is 5.69. The van der Waals surface area contributed by atoms with E-state index in [1.54, 1.807) is 37.4 Å². The van der Waals surface area contributed by atoms with E-state index in [9.17, 15) is 8.42 Å². The summed E-state index contributed by atoms with van der Waals surface area (Å²) in [4.78, 5) is 0.310. The van der Waals surface area contributed by atoms with Crippen molar-refractivity contribution in [2.75, 3.05) is 7.05 Å². The van der Waals surface area contributed by atoms with Crippen LogP contribution >= 0.6 is 0 Å². The van der Waals surface area contributed by atoms with Gasteiger partial charge in [0.25, 0.3) is 0 Å². The van der Waals surface area contributed by atoms with Crippen LogP contribution in [-0.4, -0.2) is 29.6 Å². The van der Waals surface area contributed by atoms with Gasteiger partial charge in [-0.2, -0.15) is 9.40 Å². The topological polar surface area (TPSA) is 55.2 Å². The number of benzene rings is 1. The molecule has 22 heavy (non-hydrogen) atoms. The average Bonchev–Trinajstić information content (AvgIpc) is 2.76. The molecule has 0 N–H and O–H groups in total. The highest BCUT2D eigenvalue weighted by molar-refractivity contribution is 7.89. The standard InChI is InChI=1S/C16H23N3O2S/c1-12(2)16-15(13(3)19(5)17-16)11-18(4)22(20,21)14-9-7-6-8-10-14/h6-10,12H,11H2,1-5H3. The number of hydrogen-bond donors (Lipinski definition) is 0. The largest absolute Gasteiger partial charge is 0.272 e. The molecule has 6 heteroatoms. The molecule has 0 amide bonds. The van der Waals surface area contributed by atoms with E-state index in [-0.39, 0.29) is 5.92 Å². The summed E-state index contributed by atoms with van der Waals surface area (Å²) in [5, 5.41) is 4.51. The van der Waals surface area contributed by atoms with Gasteiger partial charge in [-0.1, -0.05) is 32.0 Å². The molecule has 0 aliphatic carbocycles. The van der Waals surface area contributed by atoms with Crippen molar-refractivity contribution in [3.05, 3.63) is 47.3 Å². The molecule has 0 saturated carbocycles.